The largest absolute Gasteiger partial charge is 0.493 e. The van der Waals surface area contributed by atoms with E-state index >= 15 is 0 Å². The molecule has 0 aliphatic rings. The molecule has 0 saturated heterocycles. The third-order valence-electron chi connectivity index (χ3n) is 2.82. The summed E-state index contributed by atoms with van der Waals surface area (Å²) in [4.78, 5) is 0. The van der Waals surface area contributed by atoms with Crippen LogP contribution in [0, 0.1) is 0 Å². The van der Waals surface area contributed by atoms with Crippen molar-refractivity contribution in [1.29, 1.82) is 0 Å². The van der Waals surface area contributed by atoms with Crippen molar-refractivity contribution in [2.24, 2.45) is 0 Å². The molecule has 0 spiro atoms. The highest BCUT2D eigenvalue weighted by molar-refractivity contribution is 5.42. The number of hydrogen-bond donors (Lipinski definition) is 1. The van der Waals surface area contributed by atoms with Gasteiger partial charge in [-0.05, 0) is 38.5 Å². The Hall–Kier alpha value is -1.26. The number of methoxy groups -OCH3 is 1. The zero-order valence-corrected chi connectivity index (χ0v) is 14.2. The van der Waals surface area contributed by atoms with Gasteiger partial charge in [-0.3, -0.25) is 0 Å². The molecule has 0 aliphatic carbocycles. The lowest BCUT2D eigenvalue weighted by atomic mass is 10.2. The van der Waals surface area contributed by atoms with Crippen molar-refractivity contribution < 1.29 is 14.2 Å². The van der Waals surface area contributed by atoms with Crippen LogP contribution in [0.3, 0.4) is 0 Å². The van der Waals surface area contributed by atoms with Crippen LogP contribution in [-0.2, 0) is 11.3 Å². The van der Waals surface area contributed by atoms with Crippen LogP contribution >= 0.6 is 0 Å². The summed E-state index contributed by atoms with van der Waals surface area (Å²) in [5, 5.41) is 3.39. The van der Waals surface area contributed by atoms with Crippen molar-refractivity contribution in [2.45, 2.75) is 52.8 Å². The highest BCUT2D eigenvalue weighted by Gasteiger charge is 2.10. The van der Waals surface area contributed by atoms with Gasteiger partial charge in [0.25, 0.3) is 0 Å². The molecule has 0 saturated carbocycles. The van der Waals surface area contributed by atoms with Crippen LogP contribution in [-0.4, -0.2) is 32.0 Å². The molecule has 21 heavy (non-hydrogen) atoms. The number of nitrogens with one attached hydrogen (secondary N) is 1. The molecular weight excluding hydrogens is 266 g/mol. The SMILES string of the molecule is COc1cc(CNC(C)C)ccc1OCCOC(C)(C)C. The average molecular weight is 295 g/mol. The summed E-state index contributed by atoms with van der Waals surface area (Å²) in [6.07, 6.45) is 0. The fourth-order valence-corrected chi connectivity index (χ4v) is 1.76. The summed E-state index contributed by atoms with van der Waals surface area (Å²) in [5.74, 6) is 1.51. The van der Waals surface area contributed by atoms with Crippen LogP contribution in [0.4, 0.5) is 0 Å². The first-order valence-electron chi connectivity index (χ1n) is 7.49. The first-order valence-corrected chi connectivity index (χ1v) is 7.49. The number of benzene rings is 1. The van der Waals surface area contributed by atoms with Gasteiger partial charge in [-0.15, -0.1) is 0 Å². The third kappa shape index (κ3) is 7.34. The summed E-state index contributed by atoms with van der Waals surface area (Å²) in [7, 11) is 1.66. The van der Waals surface area contributed by atoms with Crippen molar-refractivity contribution in [1.82, 2.24) is 5.32 Å². The maximum Gasteiger partial charge on any atom is 0.161 e. The molecule has 4 nitrogen and oxygen atoms in total. The van der Waals surface area contributed by atoms with Gasteiger partial charge in [0.15, 0.2) is 11.5 Å². The molecule has 0 aromatic heterocycles. The smallest absolute Gasteiger partial charge is 0.161 e. The van der Waals surface area contributed by atoms with Crippen LogP contribution in [0.25, 0.3) is 0 Å². The molecule has 1 aromatic rings. The summed E-state index contributed by atoms with van der Waals surface area (Å²) in [6, 6.07) is 6.47. The van der Waals surface area contributed by atoms with Crippen molar-refractivity contribution in [2.75, 3.05) is 20.3 Å². The fraction of sp³-hybridized carbons (Fsp3) is 0.647. The number of rotatable bonds is 8. The summed E-state index contributed by atoms with van der Waals surface area (Å²) < 4.78 is 16.8. The van der Waals surface area contributed by atoms with Gasteiger partial charge in [-0.1, -0.05) is 19.9 Å². The second-order valence-corrected chi connectivity index (χ2v) is 6.33. The van der Waals surface area contributed by atoms with E-state index in [4.69, 9.17) is 14.2 Å². The lowest BCUT2D eigenvalue weighted by molar-refractivity contribution is -0.0165. The van der Waals surface area contributed by atoms with Crippen LogP contribution in [0.2, 0.25) is 0 Å². The molecule has 1 rings (SSSR count). The highest BCUT2D eigenvalue weighted by atomic mass is 16.5. The van der Waals surface area contributed by atoms with E-state index in [0.717, 1.165) is 18.0 Å². The Labute approximate surface area is 128 Å². The van der Waals surface area contributed by atoms with E-state index in [0.29, 0.717) is 19.3 Å². The second-order valence-electron chi connectivity index (χ2n) is 6.33. The molecule has 0 aliphatic heterocycles. The molecule has 1 N–H and O–H groups in total. The zero-order chi connectivity index (χ0) is 15.9. The lowest BCUT2D eigenvalue weighted by Crippen LogP contribution is -2.22. The molecule has 0 amide bonds. The van der Waals surface area contributed by atoms with Gasteiger partial charge in [-0.25, -0.2) is 0 Å². The normalized spacial score (nSPS) is 11.8. The predicted octanol–water partition coefficient (Wildman–Crippen LogP) is 3.39. The molecular formula is C17H29NO3. The Morgan fingerprint density at radius 2 is 1.81 bits per heavy atom. The maximum absolute atomic E-state index is 5.73. The summed E-state index contributed by atoms with van der Waals surface area (Å²) in [6.45, 7) is 12.2. The Kier molecular flexibility index (Phi) is 6.99. The average Bonchev–Trinajstić information content (AvgIpc) is 2.40. The molecule has 1 aromatic carbocycles. The van der Waals surface area contributed by atoms with Crippen LogP contribution in [0.5, 0.6) is 11.5 Å². The van der Waals surface area contributed by atoms with Gasteiger partial charge in [0.2, 0.25) is 0 Å². The third-order valence-corrected chi connectivity index (χ3v) is 2.82. The molecule has 4 heteroatoms. The van der Waals surface area contributed by atoms with Gasteiger partial charge in [0.1, 0.15) is 6.61 Å². The van der Waals surface area contributed by atoms with Crippen molar-refractivity contribution in [3.05, 3.63) is 23.8 Å². The van der Waals surface area contributed by atoms with Crippen LogP contribution in [0.15, 0.2) is 18.2 Å². The molecule has 0 bridgehead atoms. The van der Waals surface area contributed by atoms with Gasteiger partial charge in [0.05, 0.1) is 19.3 Å². The van der Waals surface area contributed by atoms with Crippen molar-refractivity contribution in [3.8, 4) is 11.5 Å². The predicted molar refractivity (Wildman–Crippen MR) is 86.2 cm³/mol. The molecule has 0 unspecified atom stereocenters. The van der Waals surface area contributed by atoms with Crippen LogP contribution in [0.1, 0.15) is 40.2 Å². The minimum Gasteiger partial charge on any atom is -0.493 e. The minimum atomic E-state index is -0.139. The molecule has 0 fully saturated rings. The lowest BCUT2D eigenvalue weighted by Gasteiger charge is -2.20. The van der Waals surface area contributed by atoms with E-state index in [-0.39, 0.29) is 5.60 Å². The molecule has 0 heterocycles. The Balaban J connectivity index is 2.54. The van der Waals surface area contributed by atoms with Gasteiger partial charge in [-0.2, -0.15) is 0 Å². The fourth-order valence-electron chi connectivity index (χ4n) is 1.76. The Bertz CT molecular complexity index is 425. The van der Waals surface area contributed by atoms with Gasteiger partial charge >= 0.3 is 0 Å². The second kappa shape index (κ2) is 8.25. The van der Waals surface area contributed by atoms with E-state index in [1.165, 1.54) is 5.56 Å². The van der Waals surface area contributed by atoms with E-state index in [9.17, 15) is 0 Å². The van der Waals surface area contributed by atoms with E-state index in [1.807, 2.05) is 32.9 Å². The Morgan fingerprint density at radius 1 is 1.10 bits per heavy atom. The van der Waals surface area contributed by atoms with E-state index < -0.39 is 0 Å². The zero-order valence-electron chi connectivity index (χ0n) is 14.2. The monoisotopic (exact) mass is 295 g/mol. The van der Waals surface area contributed by atoms with Gasteiger partial charge < -0.3 is 19.5 Å². The Morgan fingerprint density at radius 3 is 2.38 bits per heavy atom. The minimum absolute atomic E-state index is 0.139. The maximum atomic E-state index is 5.73. The van der Waals surface area contributed by atoms with E-state index in [2.05, 4.69) is 25.2 Å². The molecule has 0 atom stereocenters. The van der Waals surface area contributed by atoms with Crippen molar-refractivity contribution in [3.63, 3.8) is 0 Å². The first-order chi connectivity index (χ1) is 9.81. The van der Waals surface area contributed by atoms with Gasteiger partial charge in [0, 0.05) is 12.6 Å². The molecule has 0 radical (unpaired) electrons. The van der Waals surface area contributed by atoms with Crippen molar-refractivity contribution >= 4 is 0 Å². The number of hydrogen-bond acceptors (Lipinski definition) is 4. The number of ether oxygens (including phenoxy) is 3. The summed E-state index contributed by atoms with van der Waals surface area (Å²) >= 11 is 0. The summed E-state index contributed by atoms with van der Waals surface area (Å²) in [5.41, 5.74) is 1.04. The quantitative estimate of drug-likeness (QED) is 0.746. The standard InChI is InChI=1S/C17H29NO3/c1-13(2)18-12-14-7-8-15(16(11-14)19-6)20-9-10-21-17(3,4)5/h7-8,11,13,18H,9-10,12H2,1-6H3. The topological polar surface area (TPSA) is 39.7 Å². The molecule has 120 valence electrons. The van der Waals surface area contributed by atoms with Crippen LogP contribution < -0.4 is 14.8 Å². The highest BCUT2D eigenvalue weighted by Crippen LogP contribution is 2.28. The van der Waals surface area contributed by atoms with E-state index in [1.54, 1.807) is 7.11 Å². The first kappa shape index (κ1) is 17.8.